The second-order valence-corrected chi connectivity index (χ2v) is 7.60. The summed E-state index contributed by atoms with van der Waals surface area (Å²) in [6, 6.07) is 9.84. The maximum atomic E-state index is 12.0. The van der Waals surface area contributed by atoms with Crippen molar-refractivity contribution in [2.24, 2.45) is 0 Å². The van der Waals surface area contributed by atoms with Crippen molar-refractivity contribution >= 4 is 40.1 Å². The summed E-state index contributed by atoms with van der Waals surface area (Å²) in [7, 11) is 0. The standard InChI is InChI=1S/C17H21N3O3S2/c1-3-13(15(22)23-4-2)24-17-20-19-16(25-17)18-14(21)11-10-12-8-6-5-7-9-12/h5-9,13H,3-4,10-11H2,1-2H3,(H,18,19,21). The van der Waals surface area contributed by atoms with Gasteiger partial charge in [0.25, 0.3) is 0 Å². The van der Waals surface area contributed by atoms with Crippen molar-refractivity contribution in [3.05, 3.63) is 35.9 Å². The molecule has 0 aliphatic heterocycles. The number of esters is 1. The van der Waals surface area contributed by atoms with Crippen LogP contribution < -0.4 is 5.32 Å². The van der Waals surface area contributed by atoms with Gasteiger partial charge in [0.05, 0.1) is 6.61 Å². The number of aromatic nitrogens is 2. The number of benzene rings is 1. The van der Waals surface area contributed by atoms with Gasteiger partial charge in [-0.05, 0) is 25.3 Å². The normalized spacial score (nSPS) is 11.8. The molecule has 0 aliphatic carbocycles. The first-order valence-electron chi connectivity index (χ1n) is 8.13. The third kappa shape index (κ3) is 6.47. The molecule has 0 aliphatic rings. The summed E-state index contributed by atoms with van der Waals surface area (Å²) >= 11 is 2.58. The van der Waals surface area contributed by atoms with E-state index in [9.17, 15) is 9.59 Å². The van der Waals surface area contributed by atoms with Gasteiger partial charge in [-0.1, -0.05) is 60.4 Å². The number of thioether (sulfide) groups is 1. The molecule has 1 amide bonds. The number of nitrogens with one attached hydrogen (secondary N) is 1. The Morgan fingerprint density at radius 2 is 2.00 bits per heavy atom. The Labute approximate surface area is 155 Å². The summed E-state index contributed by atoms with van der Waals surface area (Å²) in [5, 5.41) is 10.9. The van der Waals surface area contributed by atoms with Gasteiger partial charge in [-0.2, -0.15) is 0 Å². The number of rotatable bonds is 9. The molecule has 0 bridgehead atoms. The van der Waals surface area contributed by atoms with Gasteiger partial charge < -0.3 is 10.1 Å². The lowest BCUT2D eigenvalue weighted by atomic mass is 10.1. The van der Waals surface area contributed by atoms with Gasteiger partial charge in [-0.3, -0.25) is 9.59 Å². The summed E-state index contributed by atoms with van der Waals surface area (Å²) in [5.74, 6) is -0.354. The highest BCUT2D eigenvalue weighted by Crippen LogP contribution is 2.31. The quantitative estimate of drug-likeness (QED) is 0.408. The first-order valence-corrected chi connectivity index (χ1v) is 9.82. The number of aryl methyl sites for hydroxylation is 1. The lowest BCUT2D eigenvalue weighted by Gasteiger charge is -2.10. The Bertz CT molecular complexity index is 691. The Hall–Kier alpha value is -1.93. The largest absolute Gasteiger partial charge is 0.465 e. The minimum atomic E-state index is -0.311. The van der Waals surface area contributed by atoms with E-state index in [1.807, 2.05) is 37.3 Å². The molecule has 0 fully saturated rings. The van der Waals surface area contributed by atoms with E-state index in [1.165, 1.54) is 23.1 Å². The number of hydrogen-bond acceptors (Lipinski definition) is 7. The third-order valence-electron chi connectivity index (χ3n) is 3.30. The molecule has 0 saturated heterocycles. The average Bonchev–Trinajstić information content (AvgIpc) is 3.06. The zero-order chi connectivity index (χ0) is 18.1. The van der Waals surface area contributed by atoms with Crippen molar-refractivity contribution < 1.29 is 14.3 Å². The molecule has 1 heterocycles. The average molecular weight is 380 g/mol. The Morgan fingerprint density at radius 3 is 2.68 bits per heavy atom. The van der Waals surface area contributed by atoms with Gasteiger partial charge in [0.15, 0.2) is 4.34 Å². The highest BCUT2D eigenvalue weighted by atomic mass is 32.2. The number of amides is 1. The van der Waals surface area contributed by atoms with E-state index in [4.69, 9.17) is 4.74 Å². The number of ether oxygens (including phenoxy) is 1. The number of hydrogen-bond donors (Lipinski definition) is 1. The zero-order valence-electron chi connectivity index (χ0n) is 14.2. The van der Waals surface area contributed by atoms with Gasteiger partial charge in [0, 0.05) is 6.42 Å². The molecule has 2 rings (SSSR count). The molecule has 0 radical (unpaired) electrons. The van der Waals surface area contributed by atoms with Crippen molar-refractivity contribution in [3.8, 4) is 0 Å². The van der Waals surface area contributed by atoms with Gasteiger partial charge in [-0.25, -0.2) is 0 Å². The number of carbonyl (C=O) groups excluding carboxylic acids is 2. The molecular formula is C17H21N3O3S2. The molecule has 2 aromatic rings. The van der Waals surface area contributed by atoms with Crippen molar-refractivity contribution in [2.75, 3.05) is 11.9 Å². The molecule has 1 aromatic carbocycles. The highest BCUT2D eigenvalue weighted by Gasteiger charge is 2.21. The number of anilines is 1. The van der Waals surface area contributed by atoms with Crippen LogP contribution in [0.25, 0.3) is 0 Å². The minimum absolute atomic E-state index is 0.103. The molecule has 8 heteroatoms. The first-order chi connectivity index (χ1) is 12.1. The molecule has 6 nitrogen and oxygen atoms in total. The summed E-state index contributed by atoms with van der Waals surface area (Å²) < 4.78 is 5.68. The van der Waals surface area contributed by atoms with E-state index >= 15 is 0 Å². The molecule has 1 aromatic heterocycles. The zero-order valence-corrected chi connectivity index (χ0v) is 15.9. The van der Waals surface area contributed by atoms with Gasteiger partial charge in [-0.15, -0.1) is 10.2 Å². The topological polar surface area (TPSA) is 81.2 Å². The molecule has 0 saturated carbocycles. The number of carbonyl (C=O) groups is 2. The summed E-state index contributed by atoms with van der Waals surface area (Å²) in [6.07, 6.45) is 1.70. The van der Waals surface area contributed by atoms with Crippen molar-refractivity contribution in [2.45, 2.75) is 42.7 Å². The van der Waals surface area contributed by atoms with E-state index in [0.29, 0.717) is 35.3 Å². The molecule has 0 spiro atoms. The lowest BCUT2D eigenvalue weighted by molar-refractivity contribution is -0.142. The second kappa shape index (κ2) is 10.1. The van der Waals surface area contributed by atoms with Crippen LogP contribution >= 0.6 is 23.1 Å². The Morgan fingerprint density at radius 1 is 1.24 bits per heavy atom. The maximum Gasteiger partial charge on any atom is 0.319 e. The number of nitrogens with zero attached hydrogens (tertiary/aromatic N) is 2. The fraction of sp³-hybridized carbons (Fsp3) is 0.412. The van der Waals surface area contributed by atoms with Gasteiger partial charge in [0.2, 0.25) is 11.0 Å². The molecule has 134 valence electrons. The summed E-state index contributed by atoms with van der Waals surface area (Å²) in [5.41, 5.74) is 1.12. The van der Waals surface area contributed by atoms with Crippen molar-refractivity contribution in [1.82, 2.24) is 10.2 Å². The SMILES string of the molecule is CCOC(=O)C(CC)Sc1nnc(NC(=O)CCc2ccccc2)s1. The first kappa shape index (κ1) is 19.4. The van der Waals surface area contributed by atoms with Crippen LogP contribution in [0.15, 0.2) is 34.7 Å². The van der Waals surface area contributed by atoms with Crippen LogP contribution in [0.2, 0.25) is 0 Å². The molecule has 1 atom stereocenters. The van der Waals surface area contributed by atoms with Crippen LogP contribution in [0.5, 0.6) is 0 Å². The molecule has 1 N–H and O–H groups in total. The van der Waals surface area contributed by atoms with Crippen LogP contribution in [0.4, 0.5) is 5.13 Å². The smallest absolute Gasteiger partial charge is 0.319 e. The fourth-order valence-electron chi connectivity index (χ4n) is 2.05. The lowest BCUT2D eigenvalue weighted by Crippen LogP contribution is -2.19. The van der Waals surface area contributed by atoms with E-state index < -0.39 is 0 Å². The van der Waals surface area contributed by atoms with E-state index in [2.05, 4.69) is 15.5 Å². The minimum Gasteiger partial charge on any atom is -0.465 e. The van der Waals surface area contributed by atoms with Crippen LogP contribution in [-0.4, -0.2) is 33.9 Å². The fourth-order valence-corrected chi connectivity index (χ4v) is 3.98. The van der Waals surface area contributed by atoms with Gasteiger partial charge in [0.1, 0.15) is 5.25 Å². The highest BCUT2D eigenvalue weighted by molar-refractivity contribution is 8.02. The van der Waals surface area contributed by atoms with Crippen molar-refractivity contribution in [3.63, 3.8) is 0 Å². The molecular weight excluding hydrogens is 358 g/mol. The van der Waals surface area contributed by atoms with E-state index in [0.717, 1.165) is 5.56 Å². The van der Waals surface area contributed by atoms with Crippen molar-refractivity contribution in [1.29, 1.82) is 0 Å². The van der Waals surface area contributed by atoms with Gasteiger partial charge >= 0.3 is 5.97 Å². The third-order valence-corrected chi connectivity index (χ3v) is 5.57. The summed E-state index contributed by atoms with van der Waals surface area (Å²) in [4.78, 5) is 23.8. The Kier molecular flexibility index (Phi) is 7.87. The predicted molar refractivity (Wildman–Crippen MR) is 99.9 cm³/mol. The maximum absolute atomic E-state index is 12.0. The van der Waals surface area contributed by atoms with Crippen LogP contribution in [0.3, 0.4) is 0 Å². The monoisotopic (exact) mass is 379 g/mol. The van der Waals surface area contributed by atoms with Crippen LogP contribution in [-0.2, 0) is 20.7 Å². The Balaban J connectivity index is 1.83. The van der Waals surface area contributed by atoms with E-state index in [-0.39, 0.29) is 17.1 Å². The van der Waals surface area contributed by atoms with E-state index in [1.54, 1.807) is 6.92 Å². The molecule has 1 unspecified atom stereocenters. The second-order valence-electron chi connectivity index (χ2n) is 5.17. The van der Waals surface area contributed by atoms with Crippen LogP contribution in [0.1, 0.15) is 32.3 Å². The molecule has 25 heavy (non-hydrogen) atoms. The van der Waals surface area contributed by atoms with Crippen LogP contribution in [0, 0.1) is 0 Å². The summed E-state index contributed by atoms with van der Waals surface area (Å²) in [6.45, 7) is 4.06. The predicted octanol–water partition coefficient (Wildman–Crippen LogP) is 3.54.